The number of fused-ring (bicyclic) bond motifs is 2. The molecule has 5 rings (SSSR count). The molecule has 0 bridgehead atoms. The Hall–Kier alpha value is -3.72. The zero-order chi connectivity index (χ0) is 18.9. The fourth-order valence-corrected chi connectivity index (χ4v) is 3.65. The van der Waals surface area contributed by atoms with Crippen molar-refractivity contribution in [3.63, 3.8) is 0 Å². The zero-order valence-corrected chi connectivity index (χ0v) is 15.6. The lowest BCUT2D eigenvalue weighted by Gasteiger charge is -2.22. The van der Waals surface area contributed by atoms with Crippen LogP contribution in [0.25, 0.3) is 33.1 Å². The van der Waals surface area contributed by atoms with E-state index in [1.807, 2.05) is 48.5 Å². The van der Waals surface area contributed by atoms with Crippen molar-refractivity contribution in [1.29, 1.82) is 0 Å². The van der Waals surface area contributed by atoms with Gasteiger partial charge in [-0.3, -0.25) is 0 Å². The summed E-state index contributed by atoms with van der Waals surface area (Å²) in [5.41, 5.74) is 3.08. The van der Waals surface area contributed by atoms with E-state index in [1.165, 1.54) is 10.8 Å². The van der Waals surface area contributed by atoms with Gasteiger partial charge in [-0.25, -0.2) is 9.97 Å². The fraction of sp³-hybridized carbons (Fsp3) is 0.0400. The quantitative estimate of drug-likeness (QED) is 0.382. The molecule has 0 saturated carbocycles. The van der Waals surface area contributed by atoms with Gasteiger partial charge in [-0.2, -0.15) is 0 Å². The van der Waals surface area contributed by atoms with Crippen LogP contribution in [-0.2, 0) is 0 Å². The highest BCUT2D eigenvalue weighted by molar-refractivity contribution is 5.99. The highest BCUT2D eigenvalue weighted by Crippen LogP contribution is 2.34. The molecule has 5 aromatic rings. The van der Waals surface area contributed by atoms with Crippen LogP contribution in [0, 0.1) is 0 Å². The second-order valence-corrected chi connectivity index (χ2v) is 6.81. The topological polar surface area (TPSA) is 29.0 Å². The van der Waals surface area contributed by atoms with Gasteiger partial charge in [0.25, 0.3) is 0 Å². The number of benzene rings is 4. The molecule has 4 aromatic carbocycles. The van der Waals surface area contributed by atoms with Gasteiger partial charge in [-0.05, 0) is 23.6 Å². The van der Waals surface area contributed by atoms with E-state index in [1.54, 1.807) is 0 Å². The maximum absolute atomic E-state index is 4.97. The van der Waals surface area contributed by atoms with Crippen molar-refractivity contribution in [2.24, 2.45) is 0 Å². The highest BCUT2D eigenvalue weighted by atomic mass is 15.2. The molecule has 0 aliphatic rings. The predicted molar refractivity (Wildman–Crippen MR) is 117 cm³/mol. The van der Waals surface area contributed by atoms with Crippen molar-refractivity contribution >= 4 is 33.2 Å². The normalized spacial score (nSPS) is 11.0. The van der Waals surface area contributed by atoms with Crippen LogP contribution in [0.2, 0.25) is 0 Å². The van der Waals surface area contributed by atoms with E-state index in [2.05, 4.69) is 60.5 Å². The van der Waals surface area contributed by atoms with E-state index in [0.29, 0.717) is 0 Å². The van der Waals surface area contributed by atoms with Crippen LogP contribution in [0.5, 0.6) is 0 Å². The third-order valence-corrected chi connectivity index (χ3v) is 5.06. The van der Waals surface area contributed by atoms with Crippen LogP contribution in [0.3, 0.4) is 0 Å². The molecule has 3 nitrogen and oxygen atoms in total. The molecule has 134 valence electrons. The Morgan fingerprint density at radius 1 is 0.607 bits per heavy atom. The molecule has 0 N–H and O–H groups in total. The van der Waals surface area contributed by atoms with Gasteiger partial charge in [0.1, 0.15) is 5.82 Å². The van der Waals surface area contributed by atoms with Crippen molar-refractivity contribution in [1.82, 2.24) is 9.97 Å². The molecule has 0 unspecified atom stereocenters. The Kier molecular flexibility index (Phi) is 3.99. The summed E-state index contributed by atoms with van der Waals surface area (Å²) in [6.07, 6.45) is 0. The number of nitrogens with zero attached hydrogens (tertiary/aromatic N) is 3. The summed E-state index contributed by atoms with van der Waals surface area (Å²) in [5.74, 6) is 1.64. The van der Waals surface area contributed by atoms with Gasteiger partial charge in [0.2, 0.25) is 0 Å². The van der Waals surface area contributed by atoms with Gasteiger partial charge in [0.15, 0.2) is 5.82 Å². The second-order valence-electron chi connectivity index (χ2n) is 6.81. The van der Waals surface area contributed by atoms with Crippen molar-refractivity contribution in [2.45, 2.75) is 0 Å². The SMILES string of the molecule is CN(c1cccc2ccccc12)c1nc(-c2ccccc2)nc2ccccc12. The lowest BCUT2D eigenvalue weighted by Crippen LogP contribution is -2.13. The molecule has 3 heteroatoms. The molecule has 0 radical (unpaired) electrons. The Balaban J connectivity index is 1.75. The van der Waals surface area contributed by atoms with Gasteiger partial charge >= 0.3 is 0 Å². The van der Waals surface area contributed by atoms with Crippen molar-refractivity contribution in [3.05, 3.63) is 97.1 Å². The van der Waals surface area contributed by atoms with Crippen LogP contribution in [0.4, 0.5) is 11.5 Å². The first-order valence-electron chi connectivity index (χ1n) is 9.35. The summed E-state index contributed by atoms with van der Waals surface area (Å²) >= 11 is 0. The lowest BCUT2D eigenvalue weighted by molar-refractivity contribution is 1.12. The first-order valence-corrected chi connectivity index (χ1v) is 9.35. The summed E-state index contributed by atoms with van der Waals surface area (Å²) in [6.45, 7) is 0. The second kappa shape index (κ2) is 6.78. The van der Waals surface area contributed by atoms with Crippen LogP contribution < -0.4 is 4.90 Å². The third-order valence-electron chi connectivity index (χ3n) is 5.06. The van der Waals surface area contributed by atoms with Gasteiger partial charge < -0.3 is 4.90 Å². The molecule has 0 aliphatic carbocycles. The van der Waals surface area contributed by atoms with Crippen LogP contribution in [-0.4, -0.2) is 17.0 Å². The monoisotopic (exact) mass is 361 g/mol. The smallest absolute Gasteiger partial charge is 0.162 e. The minimum atomic E-state index is 0.737. The predicted octanol–water partition coefficient (Wildman–Crippen LogP) is 6.22. The van der Waals surface area contributed by atoms with Crippen LogP contribution in [0.15, 0.2) is 97.1 Å². The molecule has 0 amide bonds. The number of hydrogen-bond acceptors (Lipinski definition) is 3. The van der Waals surface area contributed by atoms with E-state index < -0.39 is 0 Å². The first-order chi connectivity index (χ1) is 13.8. The standard InChI is InChI=1S/C25H19N3/c1-28(23-17-9-13-18-10-5-6-14-20(18)23)25-21-15-7-8-16-22(21)26-24(27-25)19-11-3-2-4-12-19/h2-17H,1H3. The Labute approximate surface area is 163 Å². The lowest BCUT2D eigenvalue weighted by atomic mass is 10.1. The first kappa shape index (κ1) is 16.5. The Morgan fingerprint density at radius 3 is 2.14 bits per heavy atom. The number of hydrogen-bond donors (Lipinski definition) is 0. The van der Waals surface area contributed by atoms with E-state index in [-0.39, 0.29) is 0 Å². The summed E-state index contributed by atoms with van der Waals surface area (Å²) in [6, 6.07) is 33.1. The minimum absolute atomic E-state index is 0.737. The van der Waals surface area contributed by atoms with Gasteiger partial charge in [-0.1, -0.05) is 78.9 Å². The van der Waals surface area contributed by atoms with Gasteiger partial charge in [0, 0.05) is 29.1 Å². The molecule has 1 heterocycles. The van der Waals surface area contributed by atoms with Crippen LogP contribution in [0.1, 0.15) is 0 Å². The zero-order valence-electron chi connectivity index (χ0n) is 15.6. The molecular weight excluding hydrogens is 342 g/mol. The van der Waals surface area contributed by atoms with E-state index >= 15 is 0 Å². The number of para-hydroxylation sites is 1. The molecule has 0 spiro atoms. The van der Waals surface area contributed by atoms with Crippen LogP contribution >= 0.6 is 0 Å². The summed E-state index contributed by atoms with van der Waals surface area (Å²) in [4.78, 5) is 11.9. The Bertz CT molecular complexity index is 1270. The van der Waals surface area contributed by atoms with E-state index in [0.717, 1.165) is 33.8 Å². The number of rotatable bonds is 3. The van der Waals surface area contributed by atoms with Crippen molar-refractivity contribution in [2.75, 3.05) is 11.9 Å². The summed E-state index contributed by atoms with van der Waals surface area (Å²) in [7, 11) is 2.07. The van der Waals surface area contributed by atoms with Crippen molar-refractivity contribution in [3.8, 4) is 11.4 Å². The number of aromatic nitrogens is 2. The molecule has 0 saturated heterocycles. The van der Waals surface area contributed by atoms with Gasteiger partial charge in [0.05, 0.1) is 5.52 Å². The molecular formula is C25H19N3. The van der Waals surface area contributed by atoms with E-state index in [9.17, 15) is 0 Å². The third kappa shape index (κ3) is 2.78. The molecule has 0 atom stereocenters. The number of anilines is 2. The summed E-state index contributed by atoms with van der Waals surface area (Å²) in [5, 5.41) is 3.46. The fourth-order valence-electron chi connectivity index (χ4n) is 3.65. The molecule has 0 aliphatic heterocycles. The van der Waals surface area contributed by atoms with Gasteiger partial charge in [-0.15, -0.1) is 0 Å². The minimum Gasteiger partial charge on any atom is -0.328 e. The van der Waals surface area contributed by atoms with Crippen molar-refractivity contribution < 1.29 is 0 Å². The molecule has 0 fully saturated rings. The average Bonchev–Trinajstić information content (AvgIpc) is 2.78. The average molecular weight is 361 g/mol. The highest BCUT2D eigenvalue weighted by Gasteiger charge is 2.15. The maximum Gasteiger partial charge on any atom is 0.162 e. The Morgan fingerprint density at radius 2 is 1.29 bits per heavy atom. The summed E-state index contributed by atoms with van der Waals surface area (Å²) < 4.78 is 0. The maximum atomic E-state index is 4.97. The van der Waals surface area contributed by atoms with E-state index in [4.69, 9.17) is 9.97 Å². The molecule has 28 heavy (non-hydrogen) atoms. The largest absolute Gasteiger partial charge is 0.328 e. The molecule has 1 aromatic heterocycles.